The van der Waals surface area contributed by atoms with Gasteiger partial charge in [0.2, 0.25) is 0 Å². The van der Waals surface area contributed by atoms with Crippen molar-refractivity contribution < 1.29 is 5.11 Å². The predicted molar refractivity (Wildman–Crippen MR) is 53.7 cm³/mol. The Balaban J connectivity index is 1.83. The fourth-order valence-corrected chi connectivity index (χ4v) is 2.75. The van der Waals surface area contributed by atoms with E-state index in [1.54, 1.807) is 0 Å². The number of hydrogen-bond acceptors (Lipinski definition) is 2. The van der Waals surface area contributed by atoms with Crippen LogP contribution < -0.4 is 0 Å². The van der Waals surface area contributed by atoms with Crippen molar-refractivity contribution >= 4 is 0 Å². The highest BCUT2D eigenvalue weighted by atomic mass is 16.3. The van der Waals surface area contributed by atoms with Crippen molar-refractivity contribution in [1.29, 1.82) is 0 Å². The van der Waals surface area contributed by atoms with E-state index >= 15 is 0 Å². The zero-order valence-corrected chi connectivity index (χ0v) is 8.41. The first-order valence-electron chi connectivity index (χ1n) is 5.78. The van der Waals surface area contributed by atoms with E-state index in [9.17, 15) is 5.11 Å². The number of aliphatic hydroxyl groups excluding tert-OH is 1. The molecular weight excluding hydrogens is 162 g/mol. The van der Waals surface area contributed by atoms with E-state index in [1.807, 2.05) is 0 Å². The number of rotatable bonds is 1. The van der Waals surface area contributed by atoms with Crippen LogP contribution >= 0.6 is 0 Å². The summed E-state index contributed by atoms with van der Waals surface area (Å²) in [7, 11) is 0. The molecule has 0 aromatic heterocycles. The highest BCUT2D eigenvalue weighted by molar-refractivity contribution is 4.81. The second-order valence-electron chi connectivity index (χ2n) is 4.57. The second kappa shape index (κ2) is 4.43. The van der Waals surface area contributed by atoms with E-state index in [2.05, 4.69) is 4.90 Å². The molecule has 0 spiro atoms. The highest BCUT2D eigenvalue weighted by Crippen LogP contribution is 2.25. The van der Waals surface area contributed by atoms with Crippen molar-refractivity contribution in [1.82, 2.24) is 4.90 Å². The van der Waals surface area contributed by atoms with Gasteiger partial charge in [0.15, 0.2) is 0 Å². The maximum absolute atomic E-state index is 9.58. The van der Waals surface area contributed by atoms with Gasteiger partial charge < -0.3 is 10.0 Å². The van der Waals surface area contributed by atoms with Crippen molar-refractivity contribution in [2.24, 2.45) is 0 Å². The van der Waals surface area contributed by atoms with Crippen LogP contribution in [0.2, 0.25) is 0 Å². The quantitative estimate of drug-likeness (QED) is 0.670. The maximum atomic E-state index is 9.58. The summed E-state index contributed by atoms with van der Waals surface area (Å²) >= 11 is 0. The summed E-state index contributed by atoms with van der Waals surface area (Å²) in [4.78, 5) is 2.60. The fourth-order valence-electron chi connectivity index (χ4n) is 2.75. The first kappa shape index (κ1) is 9.47. The molecule has 2 nitrogen and oxygen atoms in total. The van der Waals surface area contributed by atoms with Crippen LogP contribution in [0.1, 0.15) is 44.9 Å². The Labute approximate surface area is 80.9 Å². The minimum absolute atomic E-state index is 0.0133. The van der Waals surface area contributed by atoms with E-state index in [0.717, 1.165) is 12.8 Å². The SMILES string of the molecule is OC1CCCC(N2CCCCC2)C1. The summed E-state index contributed by atoms with van der Waals surface area (Å²) in [5.41, 5.74) is 0. The Kier molecular flexibility index (Phi) is 3.23. The van der Waals surface area contributed by atoms with Crippen LogP contribution in [0.3, 0.4) is 0 Å². The Morgan fingerprint density at radius 1 is 0.923 bits per heavy atom. The molecule has 76 valence electrons. The third kappa shape index (κ3) is 2.44. The van der Waals surface area contributed by atoms with Crippen LogP contribution in [-0.4, -0.2) is 35.2 Å². The number of piperidine rings is 1. The van der Waals surface area contributed by atoms with Crippen LogP contribution in [0.15, 0.2) is 0 Å². The van der Waals surface area contributed by atoms with Gasteiger partial charge in [-0.15, -0.1) is 0 Å². The molecule has 0 aromatic carbocycles. The van der Waals surface area contributed by atoms with Gasteiger partial charge in [-0.3, -0.25) is 0 Å². The van der Waals surface area contributed by atoms with Crippen LogP contribution in [0.5, 0.6) is 0 Å². The topological polar surface area (TPSA) is 23.5 Å². The summed E-state index contributed by atoms with van der Waals surface area (Å²) < 4.78 is 0. The number of hydrogen-bond donors (Lipinski definition) is 1. The molecule has 1 aliphatic carbocycles. The van der Waals surface area contributed by atoms with Gasteiger partial charge >= 0.3 is 0 Å². The monoisotopic (exact) mass is 183 g/mol. The molecular formula is C11H21NO. The molecule has 2 rings (SSSR count). The number of likely N-dealkylation sites (tertiary alicyclic amines) is 1. The molecule has 1 N–H and O–H groups in total. The average Bonchev–Trinajstić information content (AvgIpc) is 2.19. The van der Waals surface area contributed by atoms with E-state index in [1.165, 1.54) is 45.2 Å². The van der Waals surface area contributed by atoms with Crippen molar-refractivity contribution in [3.05, 3.63) is 0 Å². The summed E-state index contributed by atoms with van der Waals surface area (Å²) in [6, 6.07) is 0.698. The molecule has 0 aromatic rings. The van der Waals surface area contributed by atoms with Gasteiger partial charge in [0.05, 0.1) is 6.10 Å². The maximum Gasteiger partial charge on any atom is 0.0555 e. The third-order valence-corrected chi connectivity index (χ3v) is 3.53. The van der Waals surface area contributed by atoms with Crippen molar-refractivity contribution in [2.45, 2.75) is 57.1 Å². The van der Waals surface area contributed by atoms with Gasteiger partial charge in [-0.1, -0.05) is 6.42 Å². The molecule has 2 atom stereocenters. The molecule has 0 radical (unpaired) electrons. The smallest absolute Gasteiger partial charge is 0.0555 e. The van der Waals surface area contributed by atoms with Crippen LogP contribution in [0.4, 0.5) is 0 Å². The summed E-state index contributed by atoms with van der Waals surface area (Å²) in [5, 5.41) is 9.58. The summed E-state index contributed by atoms with van der Waals surface area (Å²) in [6.45, 7) is 2.55. The van der Waals surface area contributed by atoms with Gasteiger partial charge in [0.25, 0.3) is 0 Å². The molecule has 1 saturated heterocycles. The van der Waals surface area contributed by atoms with Crippen LogP contribution in [0, 0.1) is 0 Å². The normalized spacial score (nSPS) is 37.6. The Hall–Kier alpha value is -0.0800. The molecule has 2 aliphatic rings. The summed E-state index contributed by atoms with van der Waals surface area (Å²) in [6.07, 6.45) is 8.73. The fraction of sp³-hybridized carbons (Fsp3) is 1.00. The van der Waals surface area contributed by atoms with Crippen molar-refractivity contribution in [2.75, 3.05) is 13.1 Å². The zero-order chi connectivity index (χ0) is 9.10. The van der Waals surface area contributed by atoms with E-state index in [-0.39, 0.29) is 6.10 Å². The molecule has 2 unspecified atom stereocenters. The van der Waals surface area contributed by atoms with Gasteiger partial charge in [0, 0.05) is 6.04 Å². The third-order valence-electron chi connectivity index (χ3n) is 3.53. The van der Waals surface area contributed by atoms with Gasteiger partial charge in [-0.05, 0) is 51.6 Å². The van der Waals surface area contributed by atoms with E-state index < -0.39 is 0 Å². The van der Waals surface area contributed by atoms with Gasteiger partial charge in [-0.25, -0.2) is 0 Å². The standard InChI is InChI=1S/C11H21NO/c13-11-6-4-5-10(9-11)12-7-2-1-3-8-12/h10-11,13H,1-9H2. The minimum Gasteiger partial charge on any atom is -0.393 e. The largest absolute Gasteiger partial charge is 0.393 e. The predicted octanol–water partition coefficient (Wildman–Crippen LogP) is 1.78. The van der Waals surface area contributed by atoms with Crippen molar-refractivity contribution in [3.8, 4) is 0 Å². The van der Waals surface area contributed by atoms with E-state index in [4.69, 9.17) is 0 Å². The lowest BCUT2D eigenvalue weighted by Crippen LogP contribution is -2.42. The Morgan fingerprint density at radius 2 is 1.69 bits per heavy atom. The van der Waals surface area contributed by atoms with Crippen LogP contribution in [0.25, 0.3) is 0 Å². The highest BCUT2D eigenvalue weighted by Gasteiger charge is 2.26. The second-order valence-corrected chi connectivity index (χ2v) is 4.57. The zero-order valence-electron chi connectivity index (χ0n) is 8.41. The van der Waals surface area contributed by atoms with Gasteiger partial charge in [0.1, 0.15) is 0 Å². The molecule has 1 aliphatic heterocycles. The van der Waals surface area contributed by atoms with Gasteiger partial charge in [-0.2, -0.15) is 0 Å². The Bertz CT molecular complexity index is 154. The first-order chi connectivity index (χ1) is 6.36. The molecule has 2 heteroatoms. The molecule has 1 saturated carbocycles. The average molecular weight is 183 g/mol. The lowest BCUT2D eigenvalue weighted by molar-refractivity contribution is 0.0530. The molecule has 1 heterocycles. The molecule has 0 bridgehead atoms. The molecule has 0 amide bonds. The minimum atomic E-state index is -0.0133. The van der Waals surface area contributed by atoms with Crippen molar-refractivity contribution in [3.63, 3.8) is 0 Å². The van der Waals surface area contributed by atoms with Crippen LogP contribution in [-0.2, 0) is 0 Å². The number of aliphatic hydroxyl groups is 1. The Morgan fingerprint density at radius 3 is 2.38 bits per heavy atom. The molecule has 2 fully saturated rings. The van der Waals surface area contributed by atoms with E-state index in [0.29, 0.717) is 6.04 Å². The number of nitrogens with zero attached hydrogens (tertiary/aromatic N) is 1. The first-order valence-corrected chi connectivity index (χ1v) is 5.78. The molecule has 13 heavy (non-hydrogen) atoms. The lowest BCUT2D eigenvalue weighted by Gasteiger charge is -2.38. The summed E-state index contributed by atoms with van der Waals surface area (Å²) in [5.74, 6) is 0. The lowest BCUT2D eigenvalue weighted by atomic mass is 9.91.